The molecule has 0 radical (unpaired) electrons. The summed E-state index contributed by atoms with van der Waals surface area (Å²) in [6, 6.07) is 13.2. The lowest BCUT2D eigenvalue weighted by atomic mass is 9.98. The van der Waals surface area contributed by atoms with Crippen molar-refractivity contribution in [1.29, 1.82) is 0 Å². The number of benzene rings is 2. The van der Waals surface area contributed by atoms with E-state index in [1.165, 1.54) is 23.5 Å². The summed E-state index contributed by atoms with van der Waals surface area (Å²) in [5.74, 6) is 1.08. The smallest absolute Gasteiger partial charge is 0.286 e. The third-order valence-corrected chi connectivity index (χ3v) is 6.65. The van der Waals surface area contributed by atoms with Crippen molar-refractivity contribution in [2.75, 3.05) is 25.5 Å². The fraction of sp³-hybridized carbons (Fsp3) is 0.292. The fourth-order valence-electron chi connectivity index (χ4n) is 4.01. The van der Waals surface area contributed by atoms with Gasteiger partial charge in [0.05, 0.1) is 19.6 Å². The van der Waals surface area contributed by atoms with Crippen molar-refractivity contribution in [1.82, 2.24) is 25.2 Å². The van der Waals surface area contributed by atoms with Gasteiger partial charge in [0.15, 0.2) is 0 Å². The van der Waals surface area contributed by atoms with E-state index < -0.39 is 0 Å². The molecule has 0 bridgehead atoms. The highest BCUT2D eigenvalue weighted by molar-refractivity contribution is 7.13. The summed E-state index contributed by atoms with van der Waals surface area (Å²) >= 11 is 1.27. The molecule has 0 spiro atoms. The van der Waals surface area contributed by atoms with Gasteiger partial charge >= 0.3 is 0 Å². The van der Waals surface area contributed by atoms with Crippen molar-refractivity contribution in [3.05, 3.63) is 70.3 Å². The van der Waals surface area contributed by atoms with E-state index in [-0.39, 0.29) is 17.6 Å². The number of carbonyl (C=O) groups is 1. The number of likely N-dealkylation sites (tertiary alicyclic amines) is 1. The van der Waals surface area contributed by atoms with Crippen molar-refractivity contribution >= 4 is 22.9 Å². The second-order valence-electron chi connectivity index (χ2n) is 8.22. The zero-order valence-electron chi connectivity index (χ0n) is 19.0. The Bertz CT molecular complexity index is 1310. The maximum Gasteiger partial charge on any atom is 0.286 e. The van der Waals surface area contributed by atoms with Crippen LogP contribution in [0, 0.1) is 5.82 Å². The Hall–Kier alpha value is -3.70. The lowest BCUT2D eigenvalue weighted by molar-refractivity contribution is 0.102. The van der Waals surface area contributed by atoms with Crippen LogP contribution in [0.5, 0.6) is 5.75 Å². The quantitative estimate of drug-likeness (QED) is 0.404. The Kier molecular flexibility index (Phi) is 6.77. The first-order valence-corrected chi connectivity index (χ1v) is 12.0. The zero-order chi connectivity index (χ0) is 24.2. The molecule has 1 amide bonds. The Labute approximate surface area is 204 Å². The summed E-state index contributed by atoms with van der Waals surface area (Å²) in [6.07, 6.45) is 1.89. The van der Waals surface area contributed by atoms with Crippen LogP contribution in [0.2, 0.25) is 0 Å². The molecule has 2 aromatic heterocycles. The summed E-state index contributed by atoms with van der Waals surface area (Å²) in [5, 5.41) is 16.2. The van der Waals surface area contributed by atoms with Crippen LogP contribution in [0.25, 0.3) is 11.4 Å². The molecule has 1 N–H and O–H groups in total. The molecular weight excluding hydrogens is 471 g/mol. The van der Waals surface area contributed by atoms with Gasteiger partial charge in [0.1, 0.15) is 16.6 Å². The predicted octanol–water partition coefficient (Wildman–Crippen LogP) is 4.37. The summed E-state index contributed by atoms with van der Waals surface area (Å²) in [6.45, 7) is 2.20. The first-order chi connectivity index (χ1) is 17.1. The number of aromatic nitrogens is 4. The third kappa shape index (κ3) is 5.52. The molecule has 35 heavy (non-hydrogen) atoms. The summed E-state index contributed by atoms with van der Waals surface area (Å²) in [4.78, 5) is 19.3. The second kappa shape index (κ2) is 10.3. The minimum atomic E-state index is -0.341. The zero-order valence-corrected chi connectivity index (χ0v) is 19.8. The fourth-order valence-corrected chi connectivity index (χ4v) is 4.78. The Morgan fingerprint density at radius 3 is 2.91 bits per heavy atom. The number of hydrogen-bond donors (Lipinski definition) is 1. The number of methoxy groups -OCH3 is 1. The van der Waals surface area contributed by atoms with Crippen LogP contribution in [0.1, 0.15) is 39.5 Å². The Morgan fingerprint density at radius 2 is 2.11 bits per heavy atom. The lowest BCUT2D eigenvalue weighted by Gasteiger charge is -2.29. The first kappa shape index (κ1) is 23.1. The minimum Gasteiger partial charge on any atom is -0.497 e. The Balaban J connectivity index is 1.19. The second-order valence-corrected chi connectivity index (χ2v) is 9.29. The molecule has 1 saturated heterocycles. The number of ether oxygens (including phenoxy) is 1. The first-order valence-electron chi connectivity index (χ1n) is 11.2. The van der Waals surface area contributed by atoms with E-state index >= 15 is 0 Å². The molecule has 11 heteroatoms. The highest BCUT2D eigenvalue weighted by Gasteiger charge is 2.27. The molecule has 0 saturated carbocycles. The van der Waals surface area contributed by atoms with Gasteiger partial charge in [-0.05, 0) is 55.8 Å². The monoisotopic (exact) mass is 494 g/mol. The van der Waals surface area contributed by atoms with Gasteiger partial charge < -0.3 is 14.6 Å². The minimum absolute atomic E-state index is 0.0734. The van der Waals surface area contributed by atoms with Gasteiger partial charge in [0, 0.05) is 17.8 Å². The van der Waals surface area contributed by atoms with Crippen LogP contribution >= 0.6 is 11.3 Å². The van der Waals surface area contributed by atoms with E-state index in [4.69, 9.17) is 9.26 Å². The molecule has 1 aliphatic heterocycles. The normalized spacial score (nSPS) is 16.2. The molecular formula is C24H23FN6O3S. The van der Waals surface area contributed by atoms with Crippen LogP contribution < -0.4 is 10.1 Å². The van der Waals surface area contributed by atoms with Crippen LogP contribution in [0.15, 0.2) is 53.1 Å². The molecule has 1 aliphatic rings. The average Bonchev–Trinajstić information content (AvgIpc) is 3.55. The highest BCUT2D eigenvalue weighted by Crippen LogP contribution is 2.29. The molecule has 5 rings (SSSR count). The number of piperidine rings is 1. The molecule has 1 atom stereocenters. The van der Waals surface area contributed by atoms with Crippen LogP contribution in [0.3, 0.4) is 0 Å². The SMILES string of the molecule is COc1ccc(NC(=O)c2nnc(CN3CCCC(c4nc(-c5cccc(F)c5)no4)C3)s2)cc1. The van der Waals surface area contributed by atoms with E-state index in [1.807, 2.05) is 0 Å². The van der Waals surface area contributed by atoms with Gasteiger partial charge in [-0.2, -0.15) is 4.98 Å². The van der Waals surface area contributed by atoms with E-state index in [9.17, 15) is 9.18 Å². The van der Waals surface area contributed by atoms with Gasteiger partial charge in [-0.1, -0.05) is 28.6 Å². The van der Waals surface area contributed by atoms with E-state index in [2.05, 4.69) is 30.6 Å². The number of anilines is 1. The van der Waals surface area contributed by atoms with Crippen LogP contribution in [-0.4, -0.2) is 51.3 Å². The number of nitrogens with zero attached hydrogens (tertiary/aromatic N) is 5. The molecule has 2 aromatic carbocycles. The van der Waals surface area contributed by atoms with Crippen molar-refractivity contribution in [3.63, 3.8) is 0 Å². The van der Waals surface area contributed by atoms with Gasteiger partial charge in [-0.25, -0.2) is 4.39 Å². The number of carbonyl (C=O) groups excluding carboxylic acids is 1. The van der Waals surface area contributed by atoms with Crippen molar-refractivity contribution < 1.29 is 18.4 Å². The van der Waals surface area contributed by atoms with Gasteiger partial charge in [-0.3, -0.25) is 9.69 Å². The van der Waals surface area contributed by atoms with Crippen molar-refractivity contribution in [2.24, 2.45) is 0 Å². The standard InChI is InChI=1S/C24H23FN6O3S/c1-33-19-9-7-18(8-10-19)26-22(32)24-29-28-20(35-24)14-31-11-3-5-16(13-31)23-27-21(30-34-23)15-4-2-6-17(25)12-15/h2,4,6-10,12,16H,3,5,11,13-14H2,1H3,(H,26,32). The summed E-state index contributed by atoms with van der Waals surface area (Å²) < 4.78 is 24.2. The molecule has 1 unspecified atom stereocenters. The molecule has 0 aliphatic carbocycles. The number of halogens is 1. The molecule has 1 fully saturated rings. The van der Waals surface area contributed by atoms with E-state index in [1.54, 1.807) is 43.5 Å². The van der Waals surface area contributed by atoms with E-state index in [0.717, 1.165) is 30.9 Å². The van der Waals surface area contributed by atoms with Gasteiger partial charge in [0.25, 0.3) is 5.91 Å². The van der Waals surface area contributed by atoms with Crippen LogP contribution in [0.4, 0.5) is 10.1 Å². The molecule has 180 valence electrons. The highest BCUT2D eigenvalue weighted by atomic mass is 32.1. The number of hydrogen-bond acceptors (Lipinski definition) is 9. The third-order valence-electron chi connectivity index (χ3n) is 5.75. The lowest BCUT2D eigenvalue weighted by Crippen LogP contribution is -2.34. The van der Waals surface area contributed by atoms with Crippen molar-refractivity contribution in [3.8, 4) is 17.1 Å². The summed E-state index contributed by atoms with van der Waals surface area (Å²) in [5.41, 5.74) is 1.24. The van der Waals surface area contributed by atoms with Crippen LogP contribution in [-0.2, 0) is 6.54 Å². The Morgan fingerprint density at radius 1 is 1.26 bits per heavy atom. The largest absolute Gasteiger partial charge is 0.497 e. The topological polar surface area (TPSA) is 106 Å². The van der Waals surface area contributed by atoms with Gasteiger partial charge in [-0.15, -0.1) is 10.2 Å². The number of rotatable bonds is 7. The van der Waals surface area contributed by atoms with Crippen molar-refractivity contribution in [2.45, 2.75) is 25.3 Å². The maximum atomic E-state index is 13.5. The molecule has 3 heterocycles. The maximum absolute atomic E-state index is 13.5. The average molecular weight is 495 g/mol. The number of amides is 1. The predicted molar refractivity (Wildman–Crippen MR) is 128 cm³/mol. The molecule has 9 nitrogen and oxygen atoms in total. The summed E-state index contributed by atoms with van der Waals surface area (Å²) in [7, 11) is 1.59. The molecule has 4 aromatic rings. The number of nitrogens with one attached hydrogen (secondary N) is 1. The van der Waals surface area contributed by atoms with E-state index in [0.29, 0.717) is 40.3 Å². The van der Waals surface area contributed by atoms with Gasteiger partial charge in [0.2, 0.25) is 16.7 Å².